The van der Waals surface area contributed by atoms with Crippen molar-refractivity contribution >= 4 is 15.9 Å². The van der Waals surface area contributed by atoms with Crippen molar-refractivity contribution in [2.75, 3.05) is 27.8 Å². The van der Waals surface area contributed by atoms with E-state index in [1.54, 1.807) is 24.4 Å². The lowest BCUT2D eigenvalue weighted by atomic mass is 10.2. The van der Waals surface area contributed by atoms with E-state index in [9.17, 15) is 13.2 Å². The van der Waals surface area contributed by atoms with Crippen LogP contribution in [0.2, 0.25) is 0 Å². The third kappa shape index (κ3) is 4.28. The molecule has 0 aliphatic carbocycles. The molecule has 1 aromatic carbocycles. The van der Waals surface area contributed by atoms with Gasteiger partial charge in [-0.1, -0.05) is 0 Å². The molecule has 1 aliphatic heterocycles. The summed E-state index contributed by atoms with van der Waals surface area (Å²) in [5.74, 6) is 0.625. The quantitative estimate of drug-likeness (QED) is 0.712. The van der Waals surface area contributed by atoms with Crippen LogP contribution in [-0.2, 0) is 14.8 Å². The lowest BCUT2D eigenvalue weighted by Gasteiger charge is -2.23. The van der Waals surface area contributed by atoms with Gasteiger partial charge in [-0.3, -0.25) is 9.78 Å². The number of likely N-dealkylation sites (N-methyl/N-ethyl adjacent to an activating group) is 1. The minimum atomic E-state index is -4.07. The van der Waals surface area contributed by atoms with E-state index < -0.39 is 28.1 Å². The second-order valence-corrected chi connectivity index (χ2v) is 8.24. The Morgan fingerprint density at radius 3 is 2.62 bits per heavy atom. The smallest absolute Gasteiger partial charge is 0.247 e. The van der Waals surface area contributed by atoms with E-state index in [0.717, 1.165) is 4.31 Å². The van der Waals surface area contributed by atoms with E-state index in [1.165, 1.54) is 39.6 Å². The monoisotopic (exact) mass is 421 g/mol. The van der Waals surface area contributed by atoms with Crippen molar-refractivity contribution in [3.8, 4) is 17.2 Å². The fourth-order valence-electron chi connectivity index (χ4n) is 3.25. The first-order valence-corrected chi connectivity index (χ1v) is 10.4. The Hall–Kier alpha value is -2.85. The van der Waals surface area contributed by atoms with Gasteiger partial charge in [0.1, 0.15) is 34.3 Å². The molecule has 1 fully saturated rings. The van der Waals surface area contributed by atoms with E-state index in [0.29, 0.717) is 11.5 Å². The summed E-state index contributed by atoms with van der Waals surface area (Å²) in [5, 5.41) is 2.53. The molecule has 10 heteroatoms. The molecule has 0 saturated carbocycles. The van der Waals surface area contributed by atoms with E-state index in [-0.39, 0.29) is 23.6 Å². The number of nitrogens with one attached hydrogen (secondary N) is 1. The maximum absolute atomic E-state index is 13.5. The van der Waals surface area contributed by atoms with Gasteiger partial charge >= 0.3 is 0 Å². The fourth-order valence-corrected chi connectivity index (χ4v) is 5.05. The van der Waals surface area contributed by atoms with E-state index in [2.05, 4.69) is 10.3 Å². The van der Waals surface area contributed by atoms with Gasteiger partial charge in [0.05, 0.1) is 27.0 Å². The zero-order valence-corrected chi connectivity index (χ0v) is 17.2. The van der Waals surface area contributed by atoms with Gasteiger partial charge in [-0.2, -0.15) is 4.31 Å². The minimum Gasteiger partial charge on any atom is -0.497 e. The van der Waals surface area contributed by atoms with E-state index in [4.69, 9.17) is 14.2 Å². The maximum Gasteiger partial charge on any atom is 0.247 e. The predicted octanol–water partition coefficient (Wildman–Crippen LogP) is 1.06. The summed E-state index contributed by atoms with van der Waals surface area (Å²) in [5.41, 5.74) is 0. The molecule has 1 aromatic heterocycles. The third-order valence-corrected chi connectivity index (χ3v) is 6.56. The lowest BCUT2D eigenvalue weighted by Crippen LogP contribution is -2.44. The molecule has 0 bridgehead atoms. The zero-order valence-electron chi connectivity index (χ0n) is 16.4. The van der Waals surface area contributed by atoms with Crippen LogP contribution in [-0.4, -0.2) is 63.6 Å². The number of nitrogens with zero attached hydrogens (tertiary/aromatic N) is 2. The normalized spacial score (nSPS) is 19.6. The Bertz CT molecular complexity index is 967. The highest BCUT2D eigenvalue weighted by Crippen LogP contribution is 2.35. The van der Waals surface area contributed by atoms with Crippen LogP contribution in [0.5, 0.6) is 17.2 Å². The van der Waals surface area contributed by atoms with Crippen molar-refractivity contribution in [2.24, 2.45) is 0 Å². The number of hydrogen-bond donors (Lipinski definition) is 1. The highest BCUT2D eigenvalue weighted by molar-refractivity contribution is 7.89. The van der Waals surface area contributed by atoms with Gasteiger partial charge in [0.25, 0.3) is 0 Å². The summed E-state index contributed by atoms with van der Waals surface area (Å²) in [6.45, 7) is 0.00960. The molecule has 1 saturated heterocycles. The lowest BCUT2D eigenvalue weighted by molar-refractivity contribution is -0.123. The standard InChI is InChI=1S/C19H23N3O6S/c1-20-19(23)16-9-15(28-14-5-4-8-21-11-14)12-22(16)29(24,25)18-10-13(26-2)6-7-17(18)27-3/h4-8,10-11,15-16H,9,12H2,1-3H3,(H,20,23). The predicted molar refractivity (Wildman–Crippen MR) is 105 cm³/mol. The molecule has 1 amide bonds. The molecule has 2 heterocycles. The van der Waals surface area contributed by atoms with Gasteiger partial charge in [0.15, 0.2) is 0 Å². The summed E-state index contributed by atoms with van der Waals surface area (Å²) >= 11 is 0. The van der Waals surface area contributed by atoms with Gasteiger partial charge in [-0.05, 0) is 24.3 Å². The molecule has 2 atom stereocenters. The summed E-state index contributed by atoms with van der Waals surface area (Å²) in [7, 11) is 0.223. The van der Waals surface area contributed by atoms with Crippen molar-refractivity contribution in [2.45, 2.75) is 23.5 Å². The minimum absolute atomic E-state index is 0.00960. The highest BCUT2D eigenvalue weighted by Gasteiger charge is 2.45. The number of methoxy groups -OCH3 is 2. The highest BCUT2D eigenvalue weighted by atomic mass is 32.2. The van der Waals surface area contributed by atoms with Crippen LogP contribution in [0.25, 0.3) is 0 Å². The van der Waals surface area contributed by atoms with Gasteiger partial charge < -0.3 is 19.5 Å². The van der Waals surface area contributed by atoms with Gasteiger partial charge in [-0.25, -0.2) is 8.42 Å². The van der Waals surface area contributed by atoms with Crippen molar-refractivity contribution < 1.29 is 27.4 Å². The zero-order chi connectivity index (χ0) is 21.0. The topological polar surface area (TPSA) is 107 Å². The summed E-state index contributed by atoms with van der Waals surface area (Å²) in [6.07, 6.45) is 2.85. The molecule has 0 radical (unpaired) electrons. The molecule has 2 aromatic rings. The Labute approximate surface area is 169 Å². The number of amides is 1. The van der Waals surface area contributed by atoms with Crippen LogP contribution in [0.3, 0.4) is 0 Å². The van der Waals surface area contributed by atoms with E-state index >= 15 is 0 Å². The average molecular weight is 421 g/mol. The van der Waals surface area contributed by atoms with Crippen molar-refractivity contribution in [1.82, 2.24) is 14.6 Å². The van der Waals surface area contributed by atoms with Gasteiger partial charge in [0, 0.05) is 25.7 Å². The number of pyridine rings is 1. The maximum atomic E-state index is 13.5. The molecule has 156 valence electrons. The number of benzene rings is 1. The van der Waals surface area contributed by atoms with Crippen LogP contribution in [0.15, 0.2) is 47.6 Å². The number of carbonyl (C=O) groups is 1. The molecule has 1 aliphatic rings. The molecular formula is C19H23N3O6S. The fraction of sp³-hybridized carbons (Fsp3) is 0.368. The Balaban J connectivity index is 1.96. The van der Waals surface area contributed by atoms with Gasteiger partial charge in [-0.15, -0.1) is 0 Å². The molecule has 3 rings (SSSR count). The van der Waals surface area contributed by atoms with Crippen LogP contribution in [0.4, 0.5) is 0 Å². The Kier molecular flexibility index (Phi) is 6.23. The molecule has 9 nitrogen and oxygen atoms in total. The first-order valence-electron chi connectivity index (χ1n) is 8.93. The summed E-state index contributed by atoms with van der Waals surface area (Å²) in [6, 6.07) is 7.03. The first-order chi connectivity index (χ1) is 13.9. The van der Waals surface area contributed by atoms with E-state index in [1.807, 2.05) is 0 Å². The Morgan fingerprint density at radius 2 is 2.00 bits per heavy atom. The van der Waals surface area contributed by atoms with Gasteiger partial charge in [0.2, 0.25) is 15.9 Å². The SMILES string of the molecule is CNC(=O)C1CC(Oc2cccnc2)CN1S(=O)(=O)c1cc(OC)ccc1OC. The molecule has 1 N–H and O–H groups in total. The molecule has 2 unspecified atom stereocenters. The first kappa shape index (κ1) is 20.9. The Morgan fingerprint density at radius 1 is 1.21 bits per heavy atom. The second-order valence-electron chi connectivity index (χ2n) is 6.39. The van der Waals surface area contributed by atoms with Crippen LogP contribution < -0.4 is 19.5 Å². The molecule has 29 heavy (non-hydrogen) atoms. The average Bonchev–Trinajstić information content (AvgIpc) is 3.18. The number of hydrogen-bond acceptors (Lipinski definition) is 7. The molecule has 0 spiro atoms. The van der Waals surface area contributed by atoms with Crippen molar-refractivity contribution in [1.29, 1.82) is 0 Å². The number of aromatic nitrogens is 1. The van der Waals surface area contributed by atoms with Crippen LogP contribution in [0.1, 0.15) is 6.42 Å². The third-order valence-electron chi connectivity index (χ3n) is 4.66. The number of sulfonamides is 1. The van der Waals surface area contributed by atoms with Crippen LogP contribution >= 0.6 is 0 Å². The largest absolute Gasteiger partial charge is 0.497 e. The summed E-state index contributed by atoms with van der Waals surface area (Å²) < 4.78 is 44.3. The van der Waals surface area contributed by atoms with Crippen LogP contribution in [0, 0.1) is 0 Å². The summed E-state index contributed by atoms with van der Waals surface area (Å²) in [4.78, 5) is 16.4. The van der Waals surface area contributed by atoms with Crippen molar-refractivity contribution in [3.63, 3.8) is 0 Å². The number of rotatable bonds is 7. The number of carbonyl (C=O) groups excluding carboxylic acids is 1. The second kappa shape index (κ2) is 8.66. The molecular weight excluding hydrogens is 398 g/mol. The number of ether oxygens (including phenoxy) is 3. The van der Waals surface area contributed by atoms with Crippen molar-refractivity contribution in [3.05, 3.63) is 42.7 Å².